The Bertz CT molecular complexity index is 767. The Morgan fingerprint density at radius 3 is 2.83 bits per heavy atom. The zero-order valence-electron chi connectivity index (χ0n) is 13.4. The van der Waals surface area contributed by atoms with E-state index < -0.39 is 0 Å². The van der Waals surface area contributed by atoms with Gasteiger partial charge in [-0.05, 0) is 24.6 Å². The average molecular weight is 325 g/mol. The monoisotopic (exact) mass is 325 g/mol. The summed E-state index contributed by atoms with van der Waals surface area (Å²) in [4.78, 5) is 16.6. The maximum absolute atomic E-state index is 12.3. The van der Waals surface area contributed by atoms with Gasteiger partial charge in [-0.25, -0.2) is 0 Å². The van der Waals surface area contributed by atoms with Crippen LogP contribution in [0.15, 0.2) is 53.3 Å². The Hall–Kier alpha value is -2.96. The number of carbonyl (C=O) groups is 1. The van der Waals surface area contributed by atoms with E-state index in [0.29, 0.717) is 31.1 Å². The van der Waals surface area contributed by atoms with Crippen molar-refractivity contribution in [2.24, 2.45) is 0 Å². The maximum Gasteiger partial charge on any atom is 0.257 e. The first-order valence-electron chi connectivity index (χ1n) is 7.92. The molecule has 7 nitrogen and oxygen atoms in total. The number of hydrogen-bond donors (Lipinski definition) is 1. The minimum absolute atomic E-state index is 0.0621. The lowest BCUT2D eigenvalue weighted by Crippen LogP contribution is -2.34. The smallest absolute Gasteiger partial charge is 0.257 e. The summed E-state index contributed by atoms with van der Waals surface area (Å²) in [6, 6.07) is 11.1. The summed E-state index contributed by atoms with van der Waals surface area (Å²) in [6.45, 7) is 2.40. The zero-order valence-corrected chi connectivity index (χ0v) is 13.4. The van der Waals surface area contributed by atoms with Crippen LogP contribution in [-0.2, 0) is 11.2 Å². The van der Waals surface area contributed by atoms with Crippen molar-refractivity contribution in [2.75, 3.05) is 6.54 Å². The normalized spacial score (nSPS) is 12.0. The number of aromatic nitrogens is 4. The third-order valence-corrected chi connectivity index (χ3v) is 3.67. The Morgan fingerprint density at radius 2 is 2.12 bits per heavy atom. The van der Waals surface area contributed by atoms with Crippen molar-refractivity contribution in [3.8, 4) is 11.5 Å². The van der Waals surface area contributed by atoms with Crippen molar-refractivity contribution in [2.45, 2.75) is 25.8 Å². The van der Waals surface area contributed by atoms with E-state index in [-0.39, 0.29) is 11.9 Å². The van der Waals surface area contributed by atoms with Gasteiger partial charge in [-0.1, -0.05) is 30.3 Å². The third kappa shape index (κ3) is 3.68. The van der Waals surface area contributed by atoms with Gasteiger partial charge in [0.2, 0.25) is 5.91 Å². The molecule has 1 N–H and O–H groups in total. The highest BCUT2D eigenvalue weighted by Gasteiger charge is 2.18. The van der Waals surface area contributed by atoms with Gasteiger partial charge in [0.15, 0.2) is 5.82 Å². The average Bonchev–Trinajstić information content (AvgIpc) is 3.28. The highest BCUT2D eigenvalue weighted by Crippen LogP contribution is 2.16. The van der Waals surface area contributed by atoms with Gasteiger partial charge in [-0.3, -0.25) is 9.48 Å². The minimum atomic E-state index is -0.301. The Kier molecular flexibility index (Phi) is 5.00. The molecule has 3 rings (SSSR count). The van der Waals surface area contributed by atoms with E-state index in [1.165, 1.54) is 0 Å². The lowest BCUT2D eigenvalue weighted by Gasteiger charge is -2.14. The molecule has 0 aliphatic carbocycles. The second-order valence-corrected chi connectivity index (χ2v) is 5.33. The molecule has 1 aromatic carbocycles. The van der Waals surface area contributed by atoms with E-state index in [2.05, 4.69) is 20.6 Å². The molecule has 2 aromatic heterocycles. The predicted molar refractivity (Wildman–Crippen MR) is 88.0 cm³/mol. The van der Waals surface area contributed by atoms with Crippen LogP contribution in [-0.4, -0.2) is 32.4 Å². The van der Waals surface area contributed by atoms with Gasteiger partial charge in [0.1, 0.15) is 6.04 Å². The number of nitrogens with one attached hydrogen (secondary N) is 1. The lowest BCUT2D eigenvalue weighted by atomic mass is 10.2. The van der Waals surface area contributed by atoms with Crippen molar-refractivity contribution in [3.05, 3.63) is 54.6 Å². The molecule has 0 fully saturated rings. The van der Waals surface area contributed by atoms with Crippen molar-refractivity contribution < 1.29 is 9.32 Å². The molecule has 0 bridgehead atoms. The molecule has 1 atom stereocenters. The van der Waals surface area contributed by atoms with Gasteiger partial charge >= 0.3 is 0 Å². The molecule has 0 radical (unpaired) electrons. The van der Waals surface area contributed by atoms with Crippen LogP contribution in [0.25, 0.3) is 11.5 Å². The van der Waals surface area contributed by atoms with Gasteiger partial charge < -0.3 is 9.84 Å². The fraction of sp³-hybridized carbons (Fsp3) is 0.294. The van der Waals surface area contributed by atoms with Crippen LogP contribution in [0.4, 0.5) is 0 Å². The van der Waals surface area contributed by atoms with Crippen molar-refractivity contribution in [1.82, 2.24) is 25.2 Å². The summed E-state index contributed by atoms with van der Waals surface area (Å²) in [7, 11) is 0. The fourth-order valence-electron chi connectivity index (χ4n) is 2.43. The number of amides is 1. The SMILES string of the molecule is CC[C@H](C(=O)NCCc1noc(-c2ccccc2)n1)n1cccn1. The van der Waals surface area contributed by atoms with Crippen molar-refractivity contribution >= 4 is 5.91 Å². The van der Waals surface area contributed by atoms with Gasteiger partial charge in [0, 0.05) is 30.9 Å². The topological polar surface area (TPSA) is 85.8 Å². The summed E-state index contributed by atoms with van der Waals surface area (Å²) in [5.41, 5.74) is 0.880. The van der Waals surface area contributed by atoms with Crippen LogP contribution in [0.1, 0.15) is 25.2 Å². The molecule has 1 amide bonds. The van der Waals surface area contributed by atoms with Gasteiger partial charge in [0.25, 0.3) is 5.89 Å². The van der Waals surface area contributed by atoms with Crippen LogP contribution in [0.5, 0.6) is 0 Å². The second kappa shape index (κ2) is 7.54. The van der Waals surface area contributed by atoms with Gasteiger partial charge in [-0.15, -0.1) is 0 Å². The molecule has 0 unspecified atom stereocenters. The molecule has 2 heterocycles. The molecule has 0 saturated heterocycles. The molecular formula is C17H19N5O2. The van der Waals surface area contributed by atoms with E-state index >= 15 is 0 Å². The number of rotatable bonds is 7. The number of nitrogens with zero attached hydrogens (tertiary/aromatic N) is 4. The van der Waals surface area contributed by atoms with Crippen LogP contribution in [0, 0.1) is 0 Å². The summed E-state index contributed by atoms with van der Waals surface area (Å²) in [5, 5.41) is 11.0. The molecule has 124 valence electrons. The summed E-state index contributed by atoms with van der Waals surface area (Å²) in [5.74, 6) is 0.995. The number of benzene rings is 1. The van der Waals surface area contributed by atoms with E-state index in [4.69, 9.17) is 4.52 Å². The minimum Gasteiger partial charge on any atom is -0.354 e. The van der Waals surface area contributed by atoms with Crippen LogP contribution < -0.4 is 5.32 Å². The van der Waals surface area contributed by atoms with Crippen LogP contribution in [0.3, 0.4) is 0 Å². The largest absolute Gasteiger partial charge is 0.354 e. The van der Waals surface area contributed by atoms with Crippen molar-refractivity contribution in [3.63, 3.8) is 0 Å². The fourth-order valence-corrected chi connectivity index (χ4v) is 2.43. The first-order valence-corrected chi connectivity index (χ1v) is 7.92. The van der Waals surface area contributed by atoms with Gasteiger partial charge in [-0.2, -0.15) is 10.1 Å². The molecule has 0 spiro atoms. The van der Waals surface area contributed by atoms with E-state index in [1.807, 2.05) is 37.3 Å². The Labute approximate surface area is 139 Å². The molecule has 0 aliphatic rings. The first-order chi connectivity index (χ1) is 11.8. The highest BCUT2D eigenvalue weighted by atomic mass is 16.5. The molecule has 24 heavy (non-hydrogen) atoms. The summed E-state index contributed by atoms with van der Waals surface area (Å²) >= 11 is 0. The van der Waals surface area contributed by atoms with Crippen molar-refractivity contribution in [1.29, 1.82) is 0 Å². The Balaban J connectivity index is 1.53. The van der Waals surface area contributed by atoms with E-state index in [9.17, 15) is 4.79 Å². The number of carbonyl (C=O) groups excluding carboxylic acids is 1. The van der Waals surface area contributed by atoms with E-state index in [0.717, 1.165) is 5.56 Å². The summed E-state index contributed by atoms with van der Waals surface area (Å²) < 4.78 is 6.91. The number of hydrogen-bond acceptors (Lipinski definition) is 5. The summed E-state index contributed by atoms with van der Waals surface area (Å²) in [6.07, 6.45) is 4.64. The standard InChI is InChI=1S/C17H19N5O2/c1-2-14(22-12-6-10-19-22)16(23)18-11-9-15-20-17(24-21-15)13-7-4-3-5-8-13/h3-8,10,12,14H,2,9,11H2,1H3,(H,18,23)/t14-/m1/s1. The zero-order chi connectivity index (χ0) is 16.8. The first kappa shape index (κ1) is 15.9. The lowest BCUT2D eigenvalue weighted by molar-refractivity contribution is -0.124. The second-order valence-electron chi connectivity index (χ2n) is 5.33. The van der Waals surface area contributed by atoms with Gasteiger partial charge in [0.05, 0.1) is 0 Å². The van der Waals surface area contributed by atoms with E-state index in [1.54, 1.807) is 23.1 Å². The molecule has 0 aliphatic heterocycles. The molecule has 7 heteroatoms. The van der Waals surface area contributed by atoms with Crippen LogP contribution >= 0.6 is 0 Å². The highest BCUT2D eigenvalue weighted by molar-refractivity contribution is 5.80. The predicted octanol–water partition coefficient (Wildman–Crippen LogP) is 2.24. The van der Waals surface area contributed by atoms with Crippen LogP contribution in [0.2, 0.25) is 0 Å². The quantitative estimate of drug-likeness (QED) is 0.720. The molecule has 3 aromatic rings. The molecular weight excluding hydrogens is 306 g/mol. The Morgan fingerprint density at radius 1 is 1.29 bits per heavy atom. The maximum atomic E-state index is 12.3. The molecule has 0 saturated carbocycles. The third-order valence-electron chi connectivity index (χ3n) is 3.67.